The predicted octanol–water partition coefficient (Wildman–Crippen LogP) is 1.44. The first-order chi connectivity index (χ1) is 7.42. The van der Waals surface area contributed by atoms with Gasteiger partial charge in [-0.1, -0.05) is 6.92 Å². The topological polar surface area (TPSA) is 41.1 Å². The molecule has 0 aliphatic heterocycles. The molecule has 0 radical (unpaired) electrons. The highest BCUT2D eigenvalue weighted by Gasteiger charge is 2.30. The zero-order valence-corrected chi connectivity index (χ0v) is 9.23. The van der Waals surface area contributed by atoms with Crippen molar-refractivity contribution in [2.75, 3.05) is 13.1 Å². The van der Waals surface area contributed by atoms with Crippen LogP contribution >= 0.6 is 0 Å². The van der Waals surface area contributed by atoms with Crippen molar-refractivity contribution in [1.29, 1.82) is 0 Å². The quantitative estimate of drug-likeness (QED) is 0.735. The molecule has 1 aliphatic rings. The van der Waals surface area contributed by atoms with Crippen molar-refractivity contribution in [3.05, 3.63) is 0 Å². The summed E-state index contributed by atoms with van der Waals surface area (Å²) in [5, 5.41) is 4.82. The van der Waals surface area contributed by atoms with Gasteiger partial charge in [-0.25, -0.2) is 0 Å². The first-order valence-corrected chi connectivity index (χ1v) is 5.49. The summed E-state index contributed by atoms with van der Waals surface area (Å²) in [6.45, 7) is 0.711. The van der Waals surface area contributed by atoms with Crippen LogP contribution in [0.15, 0.2) is 0 Å². The van der Waals surface area contributed by atoms with Crippen LogP contribution in [-0.2, 0) is 4.79 Å². The largest absolute Gasteiger partial charge is 0.405 e. The number of halogens is 3. The number of nitrogens with one attached hydrogen (secondary N) is 2. The van der Waals surface area contributed by atoms with E-state index >= 15 is 0 Å². The van der Waals surface area contributed by atoms with Crippen LogP contribution in [-0.4, -0.2) is 31.2 Å². The Balaban J connectivity index is 2.14. The van der Waals surface area contributed by atoms with Gasteiger partial charge in [0.15, 0.2) is 0 Å². The molecule has 2 N–H and O–H groups in total. The Hall–Kier alpha value is -0.780. The lowest BCUT2D eigenvalue weighted by atomic mass is 10.1. The van der Waals surface area contributed by atoms with Crippen LogP contribution < -0.4 is 10.6 Å². The third kappa shape index (κ3) is 5.34. The van der Waals surface area contributed by atoms with Gasteiger partial charge >= 0.3 is 6.18 Å². The van der Waals surface area contributed by atoms with Crippen molar-refractivity contribution >= 4 is 5.91 Å². The Morgan fingerprint density at radius 3 is 2.50 bits per heavy atom. The molecule has 1 atom stereocenters. The van der Waals surface area contributed by atoms with Crippen LogP contribution in [0, 0.1) is 5.92 Å². The Labute approximate surface area is 92.8 Å². The van der Waals surface area contributed by atoms with E-state index < -0.39 is 18.6 Å². The zero-order valence-electron chi connectivity index (χ0n) is 9.23. The molecular formula is C10H17F3N2O. The van der Waals surface area contributed by atoms with Crippen LogP contribution in [0.5, 0.6) is 0 Å². The van der Waals surface area contributed by atoms with E-state index in [0.717, 1.165) is 19.3 Å². The Kier molecular flexibility index (Phi) is 4.58. The predicted molar refractivity (Wildman–Crippen MR) is 53.9 cm³/mol. The van der Waals surface area contributed by atoms with Crippen LogP contribution in [0.2, 0.25) is 0 Å². The third-order valence-corrected chi connectivity index (χ3v) is 2.64. The van der Waals surface area contributed by atoms with Gasteiger partial charge in [0, 0.05) is 6.04 Å². The van der Waals surface area contributed by atoms with Crippen molar-refractivity contribution in [1.82, 2.24) is 10.6 Å². The molecule has 1 amide bonds. The van der Waals surface area contributed by atoms with Gasteiger partial charge in [0.25, 0.3) is 0 Å². The Bertz CT molecular complexity index is 239. The molecule has 0 heterocycles. The summed E-state index contributed by atoms with van der Waals surface area (Å²) in [7, 11) is 0. The maximum absolute atomic E-state index is 11.8. The first-order valence-electron chi connectivity index (χ1n) is 5.49. The van der Waals surface area contributed by atoms with Crippen molar-refractivity contribution in [3.63, 3.8) is 0 Å². The van der Waals surface area contributed by atoms with Crippen molar-refractivity contribution in [2.24, 2.45) is 5.92 Å². The molecule has 1 aliphatic carbocycles. The molecule has 0 aromatic rings. The summed E-state index contributed by atoms with van der Waals surface area (Å²) in [5.74, 6) is -0.00292. The maximum Gasteiger partial charge on any atom is 0.405 e. The SMILES string of the molecule is CCC(NCC(=O)NCC(F)(F)F)C1CC1. The lowest BCUT2D eigenvalue weighted by Gasteiger charge is -2.16. The molecule has 0 bridgehead atoms. The number of hydrogen-bond donors (Lipinski definition) is 2. The van der Waals surface area contributed by atoms with E-state index in [4.69, 9.17) is 0 Å². The number of rotatable bonds is 6. The number of hydrogen-bond acceptors (Lipinski definition) is 2. The molecule has 1 unspecified atom stereocenters. The normalized spacial score (nSPS) is 18.2. The van der Waals surface area contributed by atoms with Crippen molar-refractivity contribution in [3.8, 4) is 0 Å². The van der Waals surface area contributed by atoms with Gasteiger partial charge in [-0.15, -0.1) is 0 Å². The van der Waals surface area contributed by atoms with Gasteiger partial charge in [0.1, 0.15) is 6.54 Å². The second kappa shape index (κ2) is 5.52. The minimum Gasteiger partial charge on any atom is -0.346 e. The monoisotopic (exact) mass is 238 g/mol. The van der Waals surface area contributed by atoms with E-state index in [1.165, 1.54) is 0 Å². The fraction of sp³-hybridized carbons (Fsp3) is 0.900. The van der Waals surface area contributed by atoms with E-state index in [-0.39, 0.29) is 12.6 Å². The van der Waals surface area contributed by atoms with Gasteiger partial charge in [-0.05, 0) is 25.2 Å². The molecule has 16 heavy (non-hydrogen) atoms. The summed E-state index contributed by atoms with van der Waals surface area (Å²) < 4.78 is 35.4. The number of carbonyl (C=O) groups excluding carboxylic acids is 1. The van der Waals surface area contributed by atoms with Crippen LogP contribution in [0.3, 0.4) is 0 Å². The zero-order chi connectivity index (χ0) is 12.2. The minimum atomic E-state index is -4.34. The number of alkyl halides is 3. The number of carbonyl (C=O) groups is 1. The molecule has 0 aromatic heterocycles. The molecule has 1 fully saturated rings. The number of amides is 1. The highest BCUT2D eigenvalue weighted by molar-refractivity contribution is 5.78. The second-order valence-corrected chi connectivity index (χ2v) is 4.12. The average Bonchev–Trinajstić information content (AvgIpc) is 2.98. The van der Waals surface area contributed by atoms with Crippen molar-refractivity contribution in [2.45, 2.75) is 38.4 Å². The maximum atomic E-state index is 11.8. The third-order valence-electron chi connectivity index (χ3n) is 2.64. The fourth-order valence-corrected chi connectivity index (χ4v) is 1.63. The fourth-order valence-electron chi connectivity index (χ4n) is 1.63. The van der Waals surface area contributed by atoms with E-state index in [1.54, 1.807) is 0 Å². The molecular weight excluding hydrogens is 221 g/mol. The summed E-state index contributed by atoms with van der Waals surface area (Å²) in [6, 6.07) is 0.261. The molecule has 3 nitrogen and oxygen atoms in total. The van der Waals surface area contributed by atoms with Gasteiger partial charge in [-0.2, -0.15) is 13.2 Å². The van der Waals surface area contributed by atoms with Gasteiger partial charge in [0.05, 0.1) is 6.54 Å². The van der Waals surface area contributed by atoms with Gasteiger partial charge < -0.3 is 10.6 Å². The standard InChI is InChI=1S/C10H17F3N2O/c1-2-8(7-3-4-7)14-5-9(16)15-6-10(11,12)13/h7-8,14H,2-6H2,1H3,(H,15,16). The molecule has 1 saturated carbocycles. The van der Waals surface area contributed by atoms with Crippen LogP contribution in [0.4, 0.5) is 13.2 Å². The molecule has 0 saturated heterocycles. The van der Waals surface area contributed by atoms with E-state index in [0.29, 0.717) is 5.92 Å². The Morgan fingerprint density at radius 2 is 2.06 bits per heavy atom. The van der Waals surface area contributed by atoms with Gasteiger partial charge in [-0.3, -0.25) is 4.79 Å². The summed E-state index contributed by atoms with van der Waals surface area (Å²) in [6.07, 6.45) is -1.14. The minimum absolute atomic E-state index is 0.0366. The molecule has 0 spiro atoms. The second-order valence-electron chi connectivity index (χ2n) is 4.12. The first kappa shape index (κ1) is 13.3. The van der Waals surface area contributed by atoms with E-state index in [1.807, 2.05) is 12.2 Å². The van der Waals surface area contributed by atoms with Crippen LogP contribution in [0.25, 0.3) is 0 Å². The van der Waals surface area contributed by atoms with Crippen LogP contribution in [0.1, 0.15) is 26.2 Å². The highest BCUT2D eigenvalue weighted by Crippen LogP contribution is 2.33. The van der Waals surface area contributed by atoms with E-state index in [9.17, 15) is 18.0 Å². The summed E-state index contributed by atoms with van der Waals surface area (Å²) in [4.78, 5) is 11.1. The molecule has 0 aromatic carbocycles. The molecule has 1 rings (SSSR count). The average molecular weight is 238 g/mol. The van der Waals surface area contributed by atoms with Crippen molar-refractivity contribution < 1.29 is 18.0 Å². The molecule has 6 heteroatoms. The van der Waals surface area contributed by atoms with Gasteiger partial charge in [0.2, 0.25) is 5.91 Å². The summed E-state index contributed by atoms with van der Waals surface area (Å²) >= 11 is 0. The smallest absolute Gasteiger partial charge is 0.346 e. The van der Waals surface area contributed by atoms with E-state index in [2.05, 4.69) is 5.32 Å². The lowest BCUT2D eigenvalue weighted by molar-refractivity contribution is -0.138. The lowest BCUT2D eigenvalue weighted by Crippen LogP contribution is -2.42. The molecule has 94 valence electrons. The highest BCUT2D eigenvalue weighted by atomic mass is 19.4. The Morgan fingerprint density at radius 1 is 1.44 bits per heavy atom. The summed E-state index contributed by atoms with van der Waals surface area (Å²) in [5.41, 5.74) is 0.